The van der Waals surface area contributed by atoms with Gasteiger partial charge in [0.15, 0.2) is 0 Å². The number of nitrogens with one attached hydrogen (secondary N) is 1. The van der Waals surface area contributed by atoms with E-state index in [1.807, 2.05) is 32.0 Å². The molecule has 1 amide bonds. The molecule has 1 aromatic carbocycles. The van der Waals surface area contributed by atoms with Gasteiger partial charge in [-0.05, 0) is 43.0 Å². The van der Waals surface area contributed by atoms with Crippen LogP contribution in [0.1, 0.15) is 27.9 Å². The topological polar surface area (TPSA) is 77.9 Å². The van der Waals surface area contributed by atoms with E-state index in [0.29, 0.717) is 25.1 Å². The summed E-state index contributed by atoms with van der Waals surface area (Å²) >= 11 is 0. The SMILES string of the molecule is Cc1cccc(C(=O)NCCCN=[N+]=[N-])c1C. The molecule has 1 rings (SSSR count). The Hall–Kier alpha value is -2.00. The normalized spacial score (nSPS) is 9.53. The quantitative estimate of drug-likeness (QED) is 0.360. The molecule has 0 atom stereocenters. The van der Waals surface area contributed by atoms with Crippen molar-refractivity contribution in [2.24, 2.45) is 5.11 Å². The molecule has 90 valence electrons. The number of nitrogens with zero attached hydrogens (tertiary/aromatic N) is 3. The van der Waals surface area contributed by atoms with Crippen LogP contribution in [-0.4, -0.2) is 19.0 Å². The molecule has 0 unspecified atom stereocenters. The number of benzene rings is 1. The van der Waals surface area contributed by atoms with E-state index in [1.54, 1.807) is 0 Å². The summed E-state index contributed by atoms with van der Waals surface area (Å²) in [6.45, 7) is 4.84. The third-order valence-electron chi connectivity index (χ3n) is 2.63. The first-order chi connectivity index (χ1) is 8.16. The van der Waals surface area contributed by atoms with Crippen molar-refractivity contribution in [2.45, 2.75) is 20.3 Å². The number of carbonyl (C=O) groups is 1. The van der Waals surface area contributed by atoms with Gasteiger partial charge in [-0.25, -0.2) is 0 Å². The highest BCUT2D eigenvalue weighted by Crippen LogP contribution is 2.12. The first kappa shape index (κ1) is 13.1. The molecule has 0 saturated carbocycles. The lowest BCUT2D eigenvalue weighted by Gasteiger charge is -2.08. The third kappa shape index (κ3) is 3.81. The number of amides is 1. The van der Waals surface area contributed by atoms with E-state index in [1.165, 1.54) is 0 Å². The lowest BCUT2D eigenvalue weighted by molar-refractivity contribution is 0.0953. The van der Waals surface area contributed by atoms with Crippen molar-refractivity contribution >= 4 is 5.91 Å². The van der Waals surface area contributed by atoms with Crippen LogP contribution in [0.25, 0.3) is 10.4 Å². The molecule has 0 fully saturated rings. The smallest absolute Gasteiger partial charge is 0.251 e. The first-order valence-corrected chi connectivity index (χ1v) is 5.52. The van der Waals surface area contributed by atoms with Gasteiger partial charge in [0.2, 0.25) is 0 Å². The number of hydrogen-bond donors (Lipinski definition) is 1. The second-order valence-electron chi connectivity index (χ2n) is 3.81. The lowest BCUT2D eigenvalue weighted by atomic mass is 10.0. The van der Waals surface area contributed by atoms with E-state index < -0.39 is 0 Å². The molecule has 0 aliphatic heterocycles. The first-order valence-electron chi connectivity index (χ1n) is 5.52. The van der Waals surface area contributed by atoms with Gasteiger partial charge in [-0.2, -0.15) is 0 Å². The number of carbonyl (C=O) groups excluding carboxylic acids is 1. The number of hydrogen-bond acceptors (Lipinski definition) is 2. The summed E-state index contributed by atoms with van der Waals surface area (Å²) in [6.07, 6.45) is 0.653. The maximum Gasteiger partial charge on any atom is 0.251 e. The molecule has 0 saturated heterocycles. The van der Waals surface area contributed by atoms with Gasteiger partial charge in [0.1, 0.15) is 0 Å². The molecule has 0 bridgehead atoms. The molecule has 17 heavy (non-hydrogen) atoms. The van der Waals surface area contributed by atoms with Gasteiger partial charge in [-0.1, -0.05) is 17.2 Å². The molecule has 5 heteroatoms. The zero-order valence-electron chi connectivity index (χ0n) is 10.1. The highest BCUT2D eigenvalue weighted by molar-refractivity contribution is 5.95. The van der Waals surface area contributed by atoms with Crippen LogP contribution < -0.4 is 5.32 Å². The summed E-state index contributed by atoms with van der Waals surface area (Å²) in [7, 11) is 0. The van der Waals surface area contributed by atoms with E-state index in [9.17, 15) is 4.79 Å². The summed E-state index contributed by atoms with van der Waals surface area (Å²) < 4.78 is 0. The summed E-state index contributed by atoms with van der Waals surface area (Å²) in [5, 5.41) is 6.21. The Labute approximate surface area is 100 Å². The summed E-state index contributed by atoms with van der Waals surface area (Å²) in [5.41, 5.74) is 10.9. The van der Waals surface area contributed by atoms with Crippen LogP contribution in [0.15, 0.2) is 23.3 Å². The fourth-order valence-electron chi connectivity index (χ4n) is 1.49. The molecule has 0 aromatic heterocycles. The summed E-state index contributed by atoms with van der Waals surface area (Å²) in [5.74, 6) is -0.0767. The van der Waals surface area contributed by atoms with Gasteiger partial charge in [-0.3, -0.25) is 4.79 Å². The molecule has 0 aliphatic carbocycles. The average molecular weight is 232 g/mol. The Bertz CT molecular complexity index is 450. The molecular weight excluding hydrogens is 216 g/mol. The number of rotatable bonds is 5. The Morgan fingerprint density at radius 3 is 2.94 bits per heavy atom. The maximum atomic E-state index is 11.8. The van der Waals surface area contributed by atoms with E-state index in [0.717, 1.165) is 11.1 Å². The van der Waals surface area contributed by atoms with E-state index >= 15 is 0 Å². The Kier molecular flexibility index (Phi) is 5.04. The van der Waals surface area contributed by atoms with Gasteiger partial charge in [-0.15, -0.1) is 0 Å². The van der Waals surface area contributed by atoms with Crippen molar-refractivity contribution in [2.75, 3.05) is 13.1 Å². The third-order valence-corrected chi connectivity index (χ3v) is 2.63. The van der Waals surface area contributed by atoms with Crippen LogP contribution in [-0.2, 0) is 0 Å². The molecule has 5 nitrogen and oxygen atoms in total. The van der Waals surface area contributed by atoms with Crippen molar-refractivity contribution in [3.05, 3.63) is 45.3 Å². The van der Waals surface area contributed by atoms with Crippen LogP contribution in [0.5, 0.6) is 0 Å². The maximum absolute atomic E-state index is 11.8. The Balaban J connectivity index is 2.52. The zero-order chi connectivity index (χ0) is 12.7. The van der Waals surface area contributed by atoms with E-state index in [-0.39, 0.29) is 5.91 Å². The molecular formula is C12H16N4O. The van der Waals surface area contributed by atoms with Gasteiger partial charge < -0.3 is 5.32 Å². The fraction of sp³-hybridized carbons (Fsp3) is 0.417. The van der Waals surface area contributed by atoms with Crippen molar-refractivity contribution in [1.29, 1.82) is 0 Å². The monoisotopic (exact) mass is 232 g/mol. The zero-order valence-corrected chi connectivity index (χ0v) is 10.1. The Morgan fingerprint density at radius 2 is 2.24 bits per heavy atom. The highest BCUT2D eigenvalue weighted by atomic mass is 16.1. The summed E-state index contributed by atoms with van der Waals surface area (Å²) in [4.78, 5) is 14.5. The predicted octanol–water partition coefficient (Wildman–Crippen LogP) is 2.73. The van der Waals surface area contributed by atoms with Crippen molar-refractivity contribution in [3.63, 3.8) is 0 Å². The molecule has 1 aromatic rings. The second-order valence-corrected chi connectivity index (χ2v) is 3.81. The second kappa shape index (κ2) is 6.55. The number of azide groups is 1. The van der Waals surface area contributed by atoms with Gasteiger partial charge in [0.25, 0.3) is 5.91 Å². The molecule has 0 radical (unpaired) electrons. The van der Waals surface area contributed by atoms with Gasteiger partial charge in [0.05, 0.1) is 0 Å². The largest absolute Gasteiger partial charge is 0.352 e. The minimum atomic E-state index is -0.0767. The lowest BCUT2D eigenvalue weighted by Crippen LogP contribution is -2.25. The molecule has 0 aliphatic rings. The molecule has 0 spiro atoms. The highest BCUT2D eigenvalue weighted by Gasteiger charge is 2.08. The average Bonchev–Trinajstić information content (AvgIpc) is 2.32. The van der Waals surface area contributed by atoms with Crippen LogP contribution in [0.2, 0.25) is 0 Å². The van der Waals surface area contributed by atoms with Crippen molar-refractivity contribution < 1.29 is 4.79 Å². The predicted molar refractivity (Wildman–Crippen MR) is 66.9 cm³/mol. The minimum absolute atomic E-state index is 0.0767. The standard InChI is InChI=1S/C12H16N4O/c1-9-5-3-6-11(10(9)2)12(17)14-7-4-8-15-16-13/h3,5-6H,4,7-8H2,1-2H3,(H,14,17). The number of aryl methyl sites for hydroxylation is 1. The van der Waals surface area contributed by atoms with Gasteiger partial charge in [0, 0.05) is 23.6 Å². The van der Waals surface area contributed by atoms with Crippen LogP contribution in [0.3, 0.4) is 0 Å². The summed E-state index contributed by atoms with van der Waals surface area (Å²) in [6, 6.07) is 5.66. The molecule has 1 N–H and O–H groups in total. The van der Waals surface area contributed by atoms with E-state index in [2.05, 4.69) is 15.3 Å². The minimum Gasteiger partial charge on any atom is -0.352 e. The van der Waals surface area contributed by atoms with Gasteiger partial charge >= 0.3 is 0 Å². The Morgan fingerprint density at radius 1 is 1.47 bits per heavy atom. The van der Waals surface area contributed by atoms with Crippen molar-refractivity contribution in [3.8, 4) is 0 Å². The van der Waals surface area contributed by atoms with Crippen LogP contribution in [0, 0.1) is 13.8 Å². The van der Waals surface area contributed by atoms with Crippen molar-refractivity contribution in [1.82, 2.24) is 5.32 Å². The fourth-order valence-corrected chi connectivity index (χ4v) is 1.49. The van der Waals surface area contributed by atoms with E-state index in [4.69, 9.17) is 5.53 Å². The van der Waals surface area contributed by atoms with Crippen LogP contribution >= 0.6 is 0 Å². The molecule has 0 heterocycles. The van der Waals surface area contributed by atoms with Crippen LogP contribution in [0.4, 0.5) is 0 Å².